The van der Waals surface area contributed by atoms with Crippen molar-refractivity contribution in [2.24, 2.45) is 5.73 Å². The minimum Gasteiger partial charge on any atom is -0.482 e. The van der Waals surface area contributed by atoms with E-state index in [-0.39, 0.29) is 43.7 Å². The van der Waals surface area contributed by atoms with Crippen molar-refractivity contribution in [2.75, 3.05) is 19.0 Å². The number of benzene rings is 1. The number of hydrogen-bond donors (Lipinski definition) is 5. The monoisotopic (exact) mass is 495 g/mol. The fourth-order valence-electron chi connectivity index (χ4n) is 3.11. The molecule has 1 aliphatic heterocycles. The molecule has 0 unspecified atom stereocenters. The number of aliphatic carboxylic acids is 1. The highest BCUT2D eigenvalue weighted by atomic mass is 35.5. The number of carboxylic acid groups (broad SMARTS) is 1. The molecule has 3 aromatic rings. The minimum atomic E-state index is -1.01. The number of thiophene rings is 1. The summed E-state index contributed by atoms with van der Waals surface area (Å²) in [5, 5.41) is 14.6. The number of halogens is 1. The van der Waals surface area contributed by atoms with Gasteiger partial charge in [-0.1, -0.05) is 6.07 Å². The van der Waals surface area contributed by atoms with Gasteiger partial charge in [0, 0.05) is 11.4 Å². The van der Waals surface area contributed by atoms with E-state index in [1.807, 2.05) is 0 Å². The molecule has 0 spiro atoms. The second-order valence-corrected chi connectivity index (χ2v) is 7.75. The maximum absolute atomic E-state index is 12.5. The molecule has 0 saturated carbocycles. The van der Waals surface area contributed by atoms with Crippen LogP contribution in [0, 0.1) is 6.92 Å². The molecule has 0 aliphatic carbocycles. The topological polar surface area (TPSA) is 176 Å². The van der Waals surface area contributed by atoms with Crippen molar-refractivity contribution in [2.45, 2.75) is 19.9 Å². The Balaban J connectivity index is 0.00000125. The van der Waals surface area contributed by atoms with Crippen LogP contribution in [-0.2, 0) is 22.6 Å². The van der Waals surface area contributed by atoms with Crippen LogP contribution in [0.25, 0.3) is 10.2 Å². The van der Waals surface area contributed by atoms with Gasteiger partial charge in [0.1, 0.15) is 10.6 Å². The van der Waals surface area contributed by atoms with E-state index in [1.165, 1.54) is 7.05 Å². The maximum atomic E-state index is 12.5. The van der Waals surface area contributed by atoms with E-state index < -0.39 is 17.4 Å². The van der Waals surface area contributed by atoms with Crippen LogP contribution >= 0.6 is 23.7 Å². The van der Waals surface area contributed by atoms with Gasteiger partial charge in [0.25, 0.3) is 17.4 Å². The first-order chi connectivity index (χ1) is 15.3. The number of aromatic nitrogens is 2. The average Bonchev–Trinajstić information content (AvgIpc) is 3.08. The summed E-state index contributed by atoms with van der Waals surface area (Å²) in [5.41, 5.74) is 5.79. The van der Waals surface area contributed by atoms with Gasteiger partial charge in [-0.3, -0.25) is 19.2 Å². The van der Waals surface area contributed by atoms with E-state index in [0.29, 0.717) is 37.7 Å². The molecule has 2 amide bonds. The van der Waals surface area contributed by atoms with Crippen molar-refractivity contribution in [1.82, 2.24) is 15.3 Å². The summed E-state index contributed by atoms with van der Waals surface area (Å²) in [5.74, 6) is -1.47. The van der Waals surface area contributed by atoms with Crippen LogP contribution in [0.3, 0.4) is 0 Å². The number of nitrogens with zero attached hydrogens (tertiary/aromatic N) is 1. The second kappa shape index (κ2) is 10.9. The van der Waals surface area contributed by atoms with Crippen LogP contribution in [0.15, 0.2) is 23.0 Å². The summed E-state index contributed by atoms with van der Waals surface area (Å²) < 4.78 is 5.29. The summed E-state index contributed by atoms with van der Waals surface area (Å²) in [4.78, 5) is 54.8. The lowest BCUT2D eigenvalue weighted by Crippen LogP contribution is -2.28. The third-order valence-corrected chi connectivity index (χ3v) is 5.74. The maximum Gasteiger partial charge on any atom is 0.308 e. The molecule has 0 saturated heterocycles. The number of amides is 2. The number of fused-ring (bicyclic) bond motifs is 2. The minimum absolute atomic E-state index is 0. The zero-order chi connectivity index (χ0) is 23.4. The number of nitrogens with two attached hydrogens (primary N) is 1. The van der Waals surface area contributed by atoms with E-state index in [1.54, 1.807) is 25.1 Å². The van der Waals surface area contributed by atoms with Crippen molar-refractivity contribution in [1.29, 1.82) is 0 Å². The number of anilines is 1. The Bertz CT molecular complexity index is 1270. The highest BCUT2D eigenvalue weighted by Crippen LogP contribution is 2.29. The molecule has 13 heteroatoms. The summed E-state index contributed by atoms with van der Waals surface area (Å²) in [6.07, 6.45) is -0.216. The molecule has 0 bridgehead atoms. The van der Waals surface area contributed by atoms with Gasteiger partial charge in [-0.25, -0.2) is 4.98 Å². The summed E-state index contributed by atoms with van der Waals surface area (Å²) in [6.45, 7) is 1.75. The van der Waals surface area contributed by atoms with Gasteiger partial charge >= 0.3 is 5.97 Å². The molecule has 0 fully saturated rings. The molecule has 176 valence electrons. The van der Waals surface area contributed by atoms with E-state index in [0.717, 1.165) is 11.3 Å². The van der Waals surface area contributed by atoms with E-state index in [2.05, 4.69) is 26.3 Å². The number of carboxylic acids is 1. The first-order valence-corrected chi connectivity index (χ1v) is 10.3. The first kappa shape index (κ1) is 25.8. The van der Waals surface area contributed by atoms with Gasteiger partial charge in [0.2, 0.25) is 5.82 Å². The molecule has 1 aliphatic rings. The van der Waals surface area contributed by atoms with Gasteiger partial charge in [-0.2, -0.15) is 0 Å². The number of aryl methyl sites for hydroxylation is 1. The smallest absolute Gasteiger partial charge is 0.308 e. The fraction of sp³-hybridized carbons (Fsp3) is 0.250. The number of nitrogens with one attached hydrogen (secondary N) is 3. The lowest BCUT2D eigenvalue weighted by Gasteiger charge is -2.18. The summed E-state index contributed by atoms with van der Waals surface area (Å²) in [6, 6.07) is 5.13. The van der Waals surface area contributed by atoms with Crippen LogP contribution in [-0.4, -0.2) is 46.5 Å². The fourth-order valence-corrected chi connectivity index (χ4v) is 4.28. The molecular formula is C20H22ClN5O6S. The lowest BCUT2D eigenvalue weighted by molar-refractivity contribution is -0.136. The van der Waals surface area contributed by atoms with Crippen LogP contribution in [0.4, 0.5) is 5.69 Å². The zero-order valence-corrected chi connectivity index (χ0v) is 19.3. The SMILES string of the molecule is CN.Cc1c(CC(=O)O)sc2nc(C(=O)NCc3ccc4c(c3)NC(=O)CO4)[nH]c(=O)c12.Cl. The van der Waals surface area contributed by atoms with Crippen molar-refractivity contribution in [3.63, 3.8) is 0 Å². The largest absolute Gasteiger partial charge is 0.482 e. The van der Waals surface area contributed by atoms with E-state index >= 15 is 0 Å². The number of hydrogen-bond acceptors (Lipinski definition) is 8. The van der Waals surface area contributed by atoms with E-state index in [9.17, 15) is 19.2 Å². The van der Waals surface area contributed by atoms with Gasteiger partial charge in [0.05, 0.1) is 17.5 Å². The molecular weight excluding hydrogens is 474 g/mol. The highest BCUT2D eigenvalue weighted by molar-refractivity contribution is 7.18. The molecule has 3 heterocycles. The number of aromatic amines is 1. The van der Waals surface area contributed by atoms with Crippen LogP contribution < -0.4 is 26.7 Å². The zero-order valence-electron chi connectivity index (χ0n) is 17.7. The molecule has 1 aromatic carbocycles. The second-order valence-electron chi connectivity index (χ2n) is 6.67. The van der Waals surface area contributed by atoms with Gasteiger partial charge in [0.15, 0.2) is 6.61 Å². The van der Waals surface area contributed by atoms with Crippen LogP contribution in [0.2, 0.25) is 0 Å². The Morgan fingerprint density at radius 2 is 2.03 bits per heavy atom. The normalized spacial score (nSPS) is 11.8. The highest BCUT2D eigenvalue weighted by Gasteiger charge is 2.19. The molecule has 11 nitrogen and oxygen atoms in total. The van der Waals surface area contributed by atoms with Crippen molar-refractivity contribution >= 4 is 57.4 Å². The van der Waals surface area contributed by atoms with Crippen molar-refractivity contribution in [3.8, 4) is 5.75 Å². The van der Waals surface area contributed by atoms with Crippen LogP contribution in [0.1, 0.15) is 26.6 Å². The van der Waals surface area contributed by atoms with E-state index in [4.69, 9.17) is 9.84 Å². The number of ether oxygens (including phenoxy) is 1. The third kappa shape index (κ3) is 5.66. The van der Waals surface area contributed by atoms with Crippen LogP contribution in [0.5, 0.6) is 5.75 Å². The Morgan fingerprint density at radius 3 is 2.73 bits per heavy atom. The molecule has 4 rings (SSSR count). The Hall–Kier alpha value is -3.48. The first-order valence-electron chi connectivity index (χ1n) is 9.47. The average molecular weight is 496 g/mol. The number of rotatable bonds is 5. The molecule has 33 heavy (non-hydrogen) atoms. The third-order valence-electron chi connectivity index (χ3n) is 4.56. The Kier molecular flexibility index (Phi) is 8.51. The molecule has 2 aromatic heterocycles. The molecule has 0 radical (unpaired) electrons. The van der Waals surface area contributed by atoms with Gasteiger partial charge in [-0.05, 0) is 37.2 Å². The van der Waals surface area contributed by atoms with Crippen molar-refractivity contribution < 1.29 is 24.2 Å². The lowest BCUT2D eigenvalue weighted by atomic mass is 10.1. The molecule has 6 N–H and O–H groups in total. The Labute approximate surface area is 197 Å². The molecule has 0 atom stereocenters. The number of carbonyl (C=O) groups excluding carboxylic acids is 2. The number of carbonyl (C=O) groups is 3. The quantitative estimate of drug-likeness (QED) is 0.350. The van der Waals surface area contributed by atoms with Gasteiger partial charge < -0.3 is 31.2 Å². The van der Waals surface area contributed by atoms with Gasteiger partial charge in [-0.15, -0.1) is 23.7 Å². The number of H-pyrrole nitrogens is 1. The Morgan fingerprint density at radius 1 is 1.30 bits per heavy atom. The summed E-state index contributed by atoms with van der Waals surface area (Å²) in [7, 11) is 1.50. The van der Waals surface area contributed by atoms with Crippen molar-refractivity contribution in [3.05, 3.63) is 50.4 Å². The standard InChI is InChI=1S/C19H16N4O6S.CH5N.ClH/c1-8-12(5-14(25)26)30-19-15(8)17(27)22-16(23-19)18(28)20-6-9-2-3-11-10(4-9)21-13(24)7-29-11;1-2;/h2-4H,5-7H2,1H3,(H,20,28)(H,21,24)(H,25,26)(H,22,23,27);2H2,1H3;1H. The predicted octanol–water partition coefficient (Wildman–Crippen LogP) is 1.18. The summed E-state index contributed by atoms with van der Waals surface area (Å²) >= 11 is 1.08. The predicted molar refractivity (Wildman–Crippen MR) is 125 cm³/mol.